The third-order valence-corrected chi connectivity index (χ3v) is 5.12. The number of rotatable bonds is 6. The molecule has 0 unspecified atom stereocenters. The number of unbranched alkanes of at least 4 members (excludes halogenated alkanes) is 1. The van der Waals surface area contributed by atoms with Crippen molar-refractivity contribution in [3.63, 3.8) is 0 Å². The van der Waals surface area contributed by atoms with Crippen LogP contribution in [0.2, 0.25) is 0 Å². The van der Waals surface area contributed by atoms with Gasteiger partial charge in [0.1, 0.15) is 0 Å². The van der Waals surface area contributed by atoms with Gasteiger partial charge >= 0.3 is 6.18 Å². The highest BCUT2D eigenvalue weighted by Gasteiger charge is 2.42. The van der Waals surface area contributed by atoms with Crippen molar-refractivity contribution in [2.24, 2.45) is 0 Å². The summed E-state index contributed by atoms with van der Waals surface area (Å²) in [6.07, 6.45) is -1.53. The average molecular weight is 374 g/mol. The number of hydrogen-bond donors (Lipinski definition) is 0. The Bertz CT molecular complexity index is 619. The second-order valence-electron chi connectivity index (χ2n) is 7.02. The molecule has 0 bridgehead atoms. The summed E-state index contributed by atoms with van der Waals surface area (Å²) in [5.41, 5.74) is -1.00. The van der Waals surface area contributed by atoms with Crippen molar-refractivity contribution < 1.29 is 18.0 Å². The molecule has 0 N–H and O–H groups in total. The molecular formula is C18H29F3N4O. The summed E-state index contributed by atoms with van der Waals surface area (Å²) in [7, 11) is 2.00. The van der Waals surface area contributed by atoms with Crippen LogP contribution in [-0.4, -0.2) is 58.7 Å². The number of alkyl halides is 3. The van der Waals surface area contributed by atoms with Crippen LogP contribution in [0.5, 0.6) is 0 Å². The lowest BCUT2D eigenvalue weighted by atomic mass is 10.0. The molecule has 0 atom stereocenters. The lowest BCUT2D eigenvalue weighted by molar-refractivity contribution is -0.142. The van der Waals surface area contributed by atoms with Crippen LogP contribution in [0, 0.1) is 6.92 Å². The van der Waals surface area contributed by atoms with E-state index in [2.05, 4.69) is 10.00 Å². The maximum absolute atomic E-state index is 13.6. The second kappa shape index (κ2) is 8.41. The zero-order valence-corrected chi connectivity index (χ0v) is 16.1. The number of hydrogen-bond acceptors (Lipinski definition) is 3. The number of halogens is 3. The van der Waals surface area contributed by atoms with Gasteiger partial charge in [-0.2, -0.15) is 18.3 Å². The van der Waals surface area contributed by atoms with Crippen molar-refractivity contribution in [2.75, 3.05) is 33.2 Å². The summed E-state index contributed by atoms with van der Waals surface area (Å²) in [6.45, 7) is 7.83. The van der Waals surface area contributed by atoms with E-state index in [4.69, 9.17) is 0 Å². The molecule has 1 aliphatic rings. The number of likely N-dealkylation sites (tertiary alicyclic amines) is 1. The van der Waals surface area contributed by atoms with E-state index < -0.39 is 17.8 Å². The fourth-order valence-corrected chi connectivity index (χ4v) is 3.48. The minimum Gasteiger partial charge on any atom is -0.339 e. The molecule has 148 valence electrons. The average Bonchev–Trinajstić information content (AvgIpc) is 2.93. The van der Waals surface area contributed by atoms with E-state index in [1.807, 2.05) is 14.0 Å². The quantitative estimate of drug-likeness (QED) is 0.762. The molecule has 0 aliphatic carbocycles. The SMILES string of the molecule is CCCCN(CC)C(=O)c1c(C(F)(F)F)nn(C2CCN(C)CC2)c1C. The summed E-state index contributed by atoms with van der Waals surface area (Å²) in [4.78, 5) is 16.5. The first-order chi connectivity index (χ1) is 12.2. The smallest absolute Gasteiger partial charge is 0.339 e. The molecule has 8 heteroatoms. The largest absolute Gasteiger partial charge is 0.435 e. The van der Waals surface area contributed by atoms with Gasteiger partial charge in [-0.05, 0) is 53.2 Å². The predicted molar refractivity (Wildman–Crippen MR) is 94.2 cm³/mol. The van der Waals surface area contributed by atoms with Crippen LogP contribution in [0.3, 0.4) is 0 Å². The van der Waals surface area contributed by atoms with Gasteiger partial charge in [0.2, 0.25) is 0 Å². The summed E-state index contributed by atoms with van der Waals surface area (Å²) < 4.78 is 42.2. The Morgan fingerprint density at radius 1 is 1.27 bits per heavy atom. The fraction of sp³-hybridized carbons (Fsp3) is 0.778. The first kappa shape index (κ1) is 20.7. The standard InChI is InChI=1S/C18H29F3N4O/c1-5-7-10-24(6-2)17(26)15-13(3)25(22-16(15)18(19,20)21)14-8-11-23(4)12-9-14/h14H,5-12H2,1-4H3. The normalized spacial score (nSPS) is 16.9. The molecule has 1 aromatic heterocycles. The number of nitrogens with zero attached hydrogens (tertiary/aromatic N) is 4. The van der Waals surface area contributed by atoms with Gasteiger partial charge in [0.05, 0.1) is 11.6 Å². The van der Waals surface area contributed by atoms with Crippen LogP contribution in [-0.2, 0) is 6.18 Å². The highest BCUT2D eigenvalue weighted by molar-refractivity contribution is 5.96. The Labute approximate surface area is 153 Å². The third kappa shape index (κ3) is 4.39. The van der Waals surface area contributed by atoms with E-state index in [9.17, 15) is 18.0 Å². The van der Waals surface area contributed by atoms with Crippen molar-refractivity contribution in [3.05, 3.63) is 17.0 Å². The maximum atomic E-state index is 13.6. The molecule has 0 radical (unpaired) electrons. The highest BCUT2D eigenvalue weighted by atomic mass is 19.4. The second-order valence-corrected chi connectivity index (χ2v) is 7.02. The summed E-state index contributed by atoms with van der Waals surface area (Å²) in [5, 5.41) is 3.87. The number of aromatic nitrogens is 2. The fourth-order valence-electron chi connectivity index (χ4n) is 3.48. The van der Waals surface area contributed by atoms with Crippen LogP contribution >= 0.6 is 0 Å². The molecule has 1 aliphatic heterocycles. The van der Waals surface area contributed by atoms with Crippen molar-refractivity contribution in [1.82, 2.24) is 19.6 Å². The zero-order chi connectivity index (χ0) is 19.5. The lowest BCUT2D eigenvalue weighted by Gasteiger charge is -2.30. The van der Waals surface area contributed by atoms with Crippen LogP contribution in [0.1, 0.15) is 67.3 Å². The van der Waals surface area contributed by atoms with Gasteiger partial charge in [0.25, 0.3) is 5.91 Å². The summed E-state index contributed by atoms with van der Waals surface area (Å²) in [5.74, 6) is -0.565. The number of amides is 1. The van der Waals surface area contributed by atoms with Crippen molar-refractivity contribution in [3.8, 4) is 0 Å². The predicted octanol–water partition coefficient (Wildman–Crippen LogP) is 3.74. The van der Waals surface area contributed by atoms with Gasteiger partial charge in [-0.15, -0.1) is 0 Å². The van der Waals surface area contributed by atoms with Crippen molar-refractivity contribution in [1.29, 1.82) is 0 Å². The molecule has 5 nitrogen and oxygen atoms in total. The first-order valence-corrected chi connectivity index (χ1v) is 9.34. The van der Waals surface area contributed by atoms with E-state index in [0.717, 1.165) is 38.8 Å². The molecule has 26 heavy (non-hydrogen) atoms. The van der Waals surface area contributed by atoms with Gasteiger partial charge in [0, 0.05) is 18.8 Å². The molecule has 2 rings (SSSR count). The molecule has 1 aromatic rings. The van der Waals surface area contributed by atoms with Gasteiger partial charge in [-0.25, -0.2) is 0 Å². The van der Waals surface area contributed by atoms with Crippen molar-refractivity contribution >= 4 is 5.91 Å². The molecule has 1 saturated heterocycles. The van der Waals surface area contributed by atoms with Crippen LogP contribution in [0.25, 0.3) is 0 Å². The third-order valence-electron chi connectivity index (χ3n) is 5.12. The monoisotopic (exact) mass is 374 g/mol. The molecule has 0 saturated carbocycles. The Balaban J connectivity index is 2.41. The molecule has 0 spiro atoms. The van der Waals surface area contributed by atoms with Crippen molar-refractivity contribution in [2.45, 2.75) is 58.7 Å². The van der Waals surface area contributed by atoms with Gasteiger partial charge in [-0.1, -0.05) is 13.3 Å². The topological polar surface area (TPSA) is 41.4 Å². The molecule has 1 amide bonds. The molecule has 2 heterocycles. The minimum absolute atomic E-state index is 0.0976. The molecule has 0 aromatic carbocycles. The van der Waals surface area contributed by atoms with Gasteiger partial charge < -0.3 is 9.80 Å². The Morgan fingerprint density at radius 2 is 1.88 bits per heavy atom. The van der Waals surface area contributed by atoms with E-state index >= 15 is 0 Å². The molecular weight excluding hydrogens is 345 g/mol. The minimum atomic E-state index is -4.64. The maximum Gasteiger partial charge on any atom is 0.435 e. The lowest BCUT2D eigenvalue weighted by Crippen LogP contribution is -2.34. The van der Waals surface area contributed by atoms with Gasteiger partial charge in [0.15, 0.2) is 5.69 Å². The van der Waals surface area contributed by atoms with E-state index in [1.165, 1.54) is 9.58 Å². The van der Waals surface area contributed by atoms with E-state index in [-0.39, 0.29) is 11.6 Å². The summed E-state index contributed by atoms with van der Waals surface area (Å²) in [6, 6.07) is -0.0976. The van der Waals surface area contributed by atoms with E-state index in [1.54, 1.807) is 13.8 Å². The first-order valence-electron chi connectivity index (χ1n) is 9.34. The van der Waals surface area contributed by atoms with Crippen LogP contribution in [0.4, 0.5) is 13.2 Å². The molecule has 1 fully saturated rings. The number of carbonyl (C=O) groups excluding carboxylic acids is 1. The zero-order valence-electron chi connectivity index (χ0n) is 16.1. The van der Waals surface area contributed by atoms with Gasteiger partial charge in [-0.3, -0.25) is 9.48 Å². The Kier molecular flexibility index (Phi) is 6.71. The number of piperidine rings is 1. The summed E-state index contributed by atoms with van der Waals surface area (Å²) >= 11 is 0. The Hall–Kier alpha value is -1.57. The Morgan fingerprint density at radius 3 is 2.38 bits per heavy atom. The van der Waals surface area contributed by atoms with Crippen LogP contribution < -0.4 is 0 Å². The number of carbonyl (C=O) groups is 1. The van der Waals surface area contributed by atoms with Crippen LogP contribution in [0.15, 0.2) is 0 Å². The highest BCUT2D eigenvalue weighted by Crippen LogP contribution is 2.35. The van der Waals surface area contributed by atoms with E-state index in [0.29, 0.717) is 18.8 Å².